The van der Waals surface area contributed by atoms with E-state index in [0.717, 1.165) is 11.1 Å². The fourth-order valence-electron chi connectivity index (χ4n) is 4.24. The highest BCUT2D eigenvalue weighted by Crippen LogP contribution is 2.37. The van der Waals surface area contributed by atoms with Gasteiger partial charge in [0.15, 0.2) is 29.6 Å². The van der Waals surface area contributed by atoms with Gasteiger partial charge in [-0.25, -0.2) is 4.79 Å². The van der Waals surface area contributed by atoms with Gasteiger partial charge >= 0.3 is 5.97 Å². The third kappa shape index (κ3) is 4.52. The number of ketones is 1. The summed E-state index contributed by atoms with van der Waals surface area (Å²) in [4.78, 5) is 52.1. The van der Waals surface area contributed by atoms with Crippen LogP contribution in [0.1, 0.15) is 39.0 Å². The second-order valence-corrected chi connectivity index (χ2v) is 8.36. The van der Waals surface area contributed by atoms with E-state index in [4.69, 9.17) is 18.6 Å². The topological polar surface area (TPSA) is 124 Å². The number of nitrogens with one attached hydrogen (secondary N) is 1. The SMILES string of the molecule is CC(=O)c1cc2c(cc1NC(=O)COC(=O)C1Cc3ccccc3CN1C(=O)c1ccco1)OCO2. The summed E-state index contributed by atoms with van der Waals surface area (Å²) in [5, 5.41) is 2.58. The van der Waals surface area contributed by atoms with Crippen molar-refractivity contribution in [2.75, 3.05) is 18.7 Å². The van der Waals surface area contributed by atoms with E-state index in [2.05, 4.69) is 5.32 Å². The van der Waals surface area contributed by atoms with E-state index in [1.165, 1.54) is 36.3 Å². The van der Waals surface area contributed by atoms with Gasteiger partial charge < -0.3 is 28.8 Å². The number of anilines is 1. The number of carbonyl (C=O) groups excluding carboxylic acids is 4. The lowest BCUT2D eigenvalue weighted by Gasteiger charge is -2.34. The lowest BCUT2D eigenvalue weighted by Crippen LogP contribution is -2.49. The molecule has 0 saturated heterocycles. The third-order valence-electron chi connectivity index (χ3n) is 6.03. The predicted octanol–water partition coefficient (Wildman–Crippen LogP) is 2.96. The maximum Gasteiger partial charge on any atom is 0.329 e. The summed E-state index contributed by atoms with van der Waals surface area (Å²) in [6.45, 7) is 0.963. The summed E-state index contributed by atoms with van der Waals surface area (Å²) in [7, 11) is 0. The van der Waals surface area contributed by atoms with Gasteiger partial charge in [0, 0.05) is 24.6 Å². The van der Waals surface area contributed by atoms with Gasteiger partial charge in [-0.1, -0.05) is 24.3 Å². The number of Topliss-reactive ketones (excluding diaryl/α,β-unsaturated/α-hetero) is 1. The summed E-state index contributed by atoms with van der Waals surface area (Å²) in [6.07, 6.45) is 1.62. The molecule has 1 unspecified atom stereocenters. The minimum absolute atomic E-state index is 0.0133. The first kappa shape index (κ1) is 23.2. The average molecular weight is 490 g/mol. The number of rotatable bonds is 6. The van der Waals surface area contributed by atoms with Crippen LogP contribution < -0.4 is 14.8 Å². The van der Waals surface area contributed by atoms with Crippen molar-refractivity contribution in [2.45, 2.75) is 25.9 Å². The van der Waals surface area contributed by atoms with Crippen molar-refractivity contribution in [3.8, 4) is 11.5 Å². The summed E-state index contributed by atoms with van der Waals surface area (Å²) >= 11 is 0. The molecule has 2 aromatic carbocycles. The largest absolute Gasteiger partial charge is 0.459 e. The molecule has 0 spiro atoms. The second-order valence-electron chi connectivity index (χ2n) is 8.36. The lowest BCUT2D eigenvalue weighted by molar-refractivity contribution is -0.152. The number of amides is 2. The van der Waals surface area contributed by atoms with Gasteiger partial charge in [0.25, 0.3) is 11.8 Å². The molecule has 1 aromatic heterocycles. The van der Waals surface area contributed by atoms with Gasteiger partial charge in [0.05, 0.1) is 12.0 Å². The quantitative estimate of drug-likeness (QED) is 0.413. The number of esters is 1. The van der Waals surface area contributed by atoms with Crippen molar-refractivity contribution in [2.24, 2.45) is 0 Å². The number of hydrogen-bond donors (Lipinski definition) is 1. The van der Waals surface area contributed by atoms with Crippen molar-refractivity contribution in [1.29, 1.82) is 0 Å². The molecule has 0 radical (unpaired) electrons. The molecule has 0 fully saturated rings. The molecule has 1 atom stereocenters. The van der Waals surface area contributed by atoms with E-state index in [1.807, 2.05) is 24.3 Å². The second kappa shape index (κ2) is 9.57. The Balaban J connectivity index is 1.29. The van der Waals surface area contributed by atoms with E-state index < -0.39 is 30.4 Å². The average Bonchev–Trinajstić information content (AvgIpc) is 3.57. The molecule has 36 heavy (non-hydrogen) atoms. The van der Waals surface area contributed by atoms with Crippen LogP contribution in [0.4, 0.5) is 5.69 Å². The van der Waals surface area contributed by atoms with Gasteiger partial charge in [-0.15, -0.1) is 0 Å². The highest BCUT2D eigenvalue weighted by Gasteiger charge is 2.37. The van der Waals surface area contributed by atoms with Crippen molar-refractivity contribution >= 4 is 29.3 Å². The standard InChI is InChI=1S/C26H22N2O8/c1-15(29)18-10-22-23(36-14-35-22)11-19(18)27-24(30)13-34-26(32)20-9-16-5-2-3-6-17(16)12-28(20)25(31)21-7-4-8-33-21/h2-8,10-11,20H,9,12-14H2,1H3,(H,27,30). The Hall–Kier alpha value is -4.60. The number of nitrogens with zero attached hydrogens (tertiary/aromatic N) is 1. The molecule has 2 aliphatic heterocycles. The minimum atomic E-state index is -0.941. The summed E-state index contributed by atoms with van der Waals surface area (Å²) in [5.41, 5.74) is 2.28. The van der Waals surface area contributed by atoms with Crippen LogP contribution in [-0.2, 0) is 27.3 Å². The van der Waals surface area contributed by atoms with Crippen molar-refractivity contribution < 1.29 is 37.8 Å². The van der Waals surface area contributed by atoms with Crippen LogP contribution in [0.2, 0.25) is 0 Å². The number of carbonyl (C=O) groups is 4. The lowest BCUT2D eigenvalue weighted by atomic mass is 9.93. The van der Waals surface area contributed by atoms with Gasteiger partial charge in [-0.2, -0.15) is 0 Å². The molecule has 10 nitrogen and oxygen atoms in total. The Kier molecular flexibility index (Phi) is 6.16. The molecule has 1 N–H and O–H groups in total. The zero-order chi connectivity index (χ0) is 25.2. The molecule has 184 valence electrons. The first-order chi connectivity index (χ1) is 17.4. The smallest absolute Gasteiger partial charge is 0.329 e. The maximum absolute atomic E-state index is 13.1. The van der Waals surface area contributed by atoms with Crippen LogP contribution in [0.15, 0.2) is 59.2 Å². The number of fused-ring (bicyclic) bond motifs is 2. The summed E-state index contributed by atoms with van der Waals surface area (Å²) in [6, 6.07) is 12.7. The molecule has 5 rings (SSSR count). The molecule has 2 aliphatic rings. The number of furan rings is 1. The monoisotopic (exact) mass is 490 g/mol. The number of benzene rings is 2. The van der Waals surface area contributed by atoms with E-state index in [0.29, 0.717) is 11.5 Å². The Bertz CT molecular complexity index is 1350. The first-order valence-corrected chi connectivity index (χ1v) is 11.2. The highest BCUT2D eigenvalue weighted by atomic mass is 16.7. The zero-order valence-electron chi connectivity index (χ0n) is 19.3. The molecular weight excluding hydrogens is 468 g/mol. The molecular formula is C26H22N2O8. The van der Waals surface area contributed by atoms with Crippen LogP contribution in [0, 0.1) is 0 Å². The van der Waals surface area contributed by atoms with Crippen molar-refractivity contribution in [1.82, 2.24) is 4.90 Å². The van der Waals surface area contributed by atoms with Crippen LogP contribution in [0.5, 0.6) is 11.5 Å². The molecule has 0 aliphatic carbocycles. The zero-order valence-corrected chi connectivity index (χ0v) is 19.3. The van der Waals surface area contributed by atoms with Crippen LogP contribution in [0.25, 0.3) is 0 Å². The molecule has 2 amide bonds. The van der Waals surface area contributed by atoms with Gasteiger partial charge in [-0.3, -0.25) is 14.4 Å². The Morgan fingerprint density at radius 3 is 2.50 bits per heavy atom. The third-order valence-corrected chi connectivity index (χ3v) is 6.03. The Morgan fingerprint density at radius 2 is 1.78 bits per heavy atom. The van der Waals surface area contributed by atoms with Crippen LogP contribution >= 0.6 is 0 Å². The summed E-state index contributed by atoms with van der Waals surface area (Å²) in [5.74, 6) is -1.21. The van der Waals surface area contributed by atoms with E-state index in [-0.39, 0.29) is 42.6 Å². The predicted molar refractivity (Wildman–Crippen MR) is 125 cm³/mol. The van der Waals surface area contributed by atoms with Crippen LogP contribution in [-0.4, -0.2) is 47.9 Å². The number of ether oxygens (including phenoxy) is 3. The maximum atomic E-state index is 13.1. The van der Waals surface area contributed by atoms with E-state index >= 15 is 0 Å². The van der Waals surface area contributed by atoms with Crippen molar-refractivity contribution in [3.63, 3.8) is 0 Å². The van der Waals surface area contributed by atoms with Crippen molar-refractivity contribution in [3.05, 3.63) is 77.2 Å². The normalized spacial score (nSPS) is 15.7. The molecule has 0 bridgehead atoms. The Labute approximate surface area is 205 Å². The summed E-state index contributed by atoms with van der Waals surface area (Å²) < 4.78 is 21.1. The Morgan fingerprint density at radius 1 is 1.03 bits per heavy atom. The first-order valence-electron chi connectivity index (χ1n) is 11.2. The van der Waals surface area contributed by atoms with Gasteiger partial charge in [0.2, 0.25) is 6.79 Å². The van der Waals surface area contributed by atoms with Gasteiger partial charge in [0.1, 0.15) is 6.04 Å². The minimum Gasteiger partial charge on any atom is -0.459 e. The molecule has 0 saturated carbocycles. The fourth-order valence-corrected chi connectivity index (χ4v) is 4.24. The molecule has 3 aromatic rings. The highest BCUT2D eigenvalue weighted by molar-refractivity contribution is 6.05. The van der Waals surface area contributed by atoms with E-state index in [9.17, 15) is 19.2 Å². The van der Waals surface area contributed by atoms with Gasteiger partial charge in [-0.05, 0) is 36.2 Å². The number of hydrogen-bond acceptors (Lipinski definition) is 8. The fraction of sp³-hybridized carbons (Fsp3) is 0.231. The molecule has 3 heterocycles. The van der Waals surface area contributed by atoms with Crippen LogP contribution in [0.3, 0.4) is 0 Å². The van der Waals surface area contributed by atoms with E-state index in [1.54, 1.807) is 6.07 Å². The molecule has 10 heteroatoms.